The van der Waals surface area contributed by atoms with E-state index in [9.17, 15) is 0 Å². The quantitative estimate of drug-likeness (QED) is 0.165. The van der Waals surface area contributed by atoms with Crippen molar-refractivity contribution in [3.63, 3.8) is 0 Å². The van der Waals surface area contributed by atoms with Crippen LogP contribution in [0.25, 0.3) is 34.4 Å². The molecule has 2 atom stereocenters. The summed E-state index contributed by atoms with van der Waals surface area (Å²) >= 11 is -4.92. The molecule has 2 aliphatic rings. The fourth-order valence-corrected chi connectivity index (χ4v) is 39.6. The second kappa shape index (κ2) is 12.2. The standard InChI is InChI=1S/2C20H21.C2H7Si.2ClH.Zr/c2*1-20(2,3)14-15-12-17-10-7-11-18(19(17)13-15)16-8-5-4-6-9-16;1-3-2;;;/h2*4-13H,14H2,1-3H3;3H,1-2H3;2*1H;/q;;;;;+2/p-2. The van der Waals surface area contributed by atoms with Crippen LogP contribution in [0.4, 0.5) is 0 Å². The molecular weight excluding hydrogens is 695 g/mol. The Morgan fingerprint density at radius 2 is 0.913 bits per heavy atom. The zero-order valence-electron chi connectivity index (χ0n) is 28.8. The van der Waals surface area contributed by atoms with E-state index in [2.05, 4.69) is 164 Å². The van der Waals surface area contributed by atoms with Gasteiger partial charge in [-0.2, -0.15) is 0 Å². The normalized spacial score (nSPS) is 18.9. The third-order valence-corrected chi connectivity index (χ3v) is 62.0. The summed E-state index contributed by atoms with van der Waals surface area (Å²) in [6.07, 6.45) is 6.97. The Hall–Kier alpha value is -1.96. The van der Waals surface area contributed by atoms with E-state index in [1.165, 1.54) is 55.7 Å². The Morgan fingerprint density at radius 3 is 1.24 bits per heavy atom. The molecule has 46 heavy (non-hydrogen) atoms. The van der Waals surface area contributed by atoms with Gasteiger partial charge in [0.05, 0.1) is 0 Å². The van der Waals surface area contributed by atoms with Gasteiger partial charge in [-0.15, -0.1) is 0 Å². The van der Waals surface area contributed by atoms with E-state index in [4.69, 9.17) is 17.0 Å². The third-order valence-electron chi connectivity index (χ3n) is 10.1. The maximum atomic E-state index is 8.80. The van der Waals surface area contributed by atoms with E-state index < -0.39 is 21.5 Å². The van der Waals surface area contributed by atoms with Crippen LogP contribution in [0.3, 0.4) is 0 Å². The summed E-state index contributed by atoms with van der Waals surface area (Å²) in [4.78, 5) is 0. The van der Waals surface area contributed by atoms with Crippen LogP contribution in [0.2, 0.25) is 13.1 Å². The topological polar surface area (TPSA) is 0 Å². The second-order valence-electron chi connectivity index (χ2n) is 16.5. The van der Waals surface area contributed by atoms with Crippen molar-refractivity contribution in [2.45, 2.75) is 74.7 Å². The van der Waals surface area contributed by atoms with Gasteiger partial charge >= 0.3 is 289 Å². The fourth-order valence-electron chi connectivity index (χ4n) is 8.33. The van der Waals surface area contributed by atoms with Gasteiger partial charge in [0.25, 0.3) is 0 Å². The fraction of sp³-hybridized carbons (Fsp3) is 0.333. The van der Waals surface area contributed by atoms with Crippen molar-refractivity contribution in [2.75, 3.05) is 0 Å². The van der Waals surface area contributed by atoms with Crippen LogP contribution in [0.5, 0.6) is 0 Å². The van der Waals surface area contributed by atoms with Crippen molar-refractivity contribution in [1.29, 1.82) is 0 Å². The van der Waals surface area contributed by atoms with Gasteiger partial charge in [0.1, 0.15) is 0 Å². The van der Waals surface area contributed by atoms with E-state index in [-0.39, 0.29) is 18.1 Å². The van der Waals surface area contributed by atoms with E-state index in [0.29, 0.717) is 0 Å². The first-order valence-corrected chi connectivity index (χ1v) is 33.2. The first-order chi connectivity index (χ1) is 21.6. The molecule has 0 nitrogen and oxygen atoms in total. The average Bonchev–Trinajstić information content (AvgIpc) is 3.54. The molecule has 0 spiro atoms. The van der Waals surface area contributed by atoms with Gasteiger partial charge in [0.15, 0.2) is 0 Å². The molecule has 2 unspecified atom stereocenters. The molecule has 0 radical (unpaired) electrons. The zero-order chi connectivity index (χ0) is 33.1. The van der Waals surface area contributed by atoms with E-state index in [1.807, 2.05) is 0 Å². The summed E-state index contributed by atoms with van der Waals surface area (Å²) in [6, 6.07) is 35.4. The Bertz CT molecular complexity index is 1690. The molecule has 0 aromatic heterocycles. The van der Waals surface area contributed by atoms with Crippen molar-refractivity contribution >= 4 is 35.1 Å². The number of allylic oxidation sites excluding steroid dienone is 2. The number of hydrogen-bond donors (Lipinski definition) is 0. The summed E-state index contributed by atoms with van der Waals surface area (Å²) < 4.78 is 0.156. The molecule has 4 aromatic rings. The molecule has 0 aliphatic heterocycles. The van der Waals surface area contributed by atoms with Crippen molar-refractivity contribution in [3.8, 4) is 22.3 Å². The van der Waals surface area contributed by atoms with Gasteiger partial charge < -0.3 is 0 Å². The van der Waals surface area contributed by atoms with Crippen molar-refractivity contribution in [3.05, 3.63) is 130 Å². The molecular formula is C42H49Cl2SiZr. The second-order valence-corrected chi connectivity index (χ2v) is 59.0. The van der Waals surface area contributed by atoms with Crippen molar-refractivity contribution in [1.82, 2.24) is 0 Å². The van der Waals surface area contributed by atoms with Crippen LogP contribution in [-0.4, -0.2) is 5.92 Å². The number of hydrogen-bond acceptors (Lipinski definition) is 0. The predicted octanol–water partition coefficient (Wildman–Crippen LogP) is 13.4. The van der Waals surface area contributed by atoms with Gasteiger partial charge in [0, 0.05) is 0 Å². The van der Waals surface area contributed by atoms with E-state index in [1.54, 1.807) is 0 Å². The summed E-state index contributed by atoms with van der Waals surface area (Å²) in [7, 11) is 17.6. The van der Waals surface area contributed by atoms with Crippen LogP contribution in [0.1, 0.15) is 83.9 Å². The Kier molecular flexibility index (Phi) is 8.98. The maximum absolute atomic E-state index is 8.80. The minimum absolute atomic E-state index is 0.0778. The monoisotopic (exact) mass is 741 g/mol. The summed E-state index contributed by atoms with van der Waals surface area (Å²) in [6.45, 7) is 19.1. The Morgan fingerprint density at radius 1 is 0.543 bits per heavy atom. The van der Waals surface area contributed by atoms with Crippen LogP contribution >= 0.6 is 17.0 Å². The Balaban J connectivity index is 1.64. The molecule has 0 saturated heterocycles. The van der Waals surface area contributed by atoms with Crippen LogP contribution in [0, 0.1) is 10.8 Å². The zero-order valence-corrected chi connectivity index (χ0v) is 33.9. The SMILES string of the molecule is C[SiH](C)[Zr]([Cl])([Cl])([CH]1C(CC(C)(C)C)=Cc2c(-c3ccccc3)cccc21)[CH]1C(CC(C)(C)C)=Cc2c(-c3ccccc3)cccc21. The van der Waals surface area contributed by atoms with Gasteiger partial charge in [-0.1, -0.05) is 0 Å². The first-order valence-electron chi connectivity index (χ1n) is 16.9. The molecule has 6 rings (SSSR count). The molecule has 0 saturated carbocycles. The molecule has 4 aromatic carbocycles. The van der Waals surface area contributed by atoms with Gasteiger partial charge in [-0.05, 0) is 0 Å². The van der Waals surface area contributed by atoms with E-state index >= 15 is 0 Å². The molecule has 0 fully saturated rings. The molecule has 2 aliphatic carbocycles. The van der Waals surface area contributed by atoms with Crippen molar-refractivity contribution in [2.24, 2.45) is 10.8 Å². The van der Waals surface area contributed by atoms with Crippen LogP contribution < -0.4 is 0 Å². The molecule has 0 heterocycles. The average molecular weight is 744 g/mol. The van der Waals surface area contributed by atoms with Gasteiger partial charge in [-0.3, -0.25) is 0 Å². The van der Waals surface area contributed by atoms with Gasteiger partial charge in [-0.25, -0.2) is 0 Å². The van der Waals surface area contributed by atoms with Crippen LogP contribution in [0.15, 0.2) is 108 Å². The Labute approximate surface area is 286 Å². The summed E-state index contributed by atoms with van der Waals surface area (Å²) in [5.74, 6) is -1.67. The summed E-state index contributed by atoms with van der Waals surface area (Å²) in [5.41, 5.74) is 13.5. The number of halogens is 2. The molecule has 0 bridgehead atoms. The molecule has 239 valence electrons. The van der Waals surface area contributed by atoms with Gasteiger partial charge in [0.2, 0.25) is 0 Å². The molecule has 0 N–H and O–H groups in total. The third kappa shape index (κ3) is 6.07. The predicted molar refractivity (Wildman–Crippen MR) is 204 cm³/mol. The van der Waals surface area contributed by atoms with Crippen LogP contribution in [-0.2, 0) is 15.6 Å². The summed E-state index contributed by atoms with van der Waals surface area (Å²) in [5, 5.41) is 0. The number of rotatable bonds is 7. The van der Waals surface area contributed by atoms with E-state index in [0.717, 1.165) is 12.8 Å². The molecule has 0 amide bonds. The van der Waals surface area contributed by atoms with Crippen molar-refractivity contribution < 1.29 is 15.6 Å². The first kappa shape index (κ1) is 33.9. The number of fused-ring (bicyclic) bond motifs is 2. The number of benzene rings is 4. The molecule has 4 heteroatoms. The minimum atomic E-state index is -4.92.